The van der Waals surface area contributed by atoms with Gasteiger partial charge in [-0.1, -0.05) is 17.7 Å². The quantitative estimate of drug-likeness (QED) is 0.302. The van der Waals surface area contributed by atoms with Crippen molar-refractivity contribution in [1.29, 1.82) is 0 Å². The number of carbonyl (C=O) groups is 1. The average Bonchev–Trinajstić information content (AvgIpc) is 3.45. The SMILES string of the molecule is C[C@@]1(c2ccc(F)c(Cl)c2O)C(=O)Nc2nc(-c3cn4ccnc4c(Cc4cc(F)cc(F)c4)n3)nc(N)c21. The van der Waals surface area contributed by atoms with Crippen molar-refractivity contribution in [1.82, 2.24) is 24.3 Å². The van der Waals surface area contributed by atoms with Crippen LogP contribution in [-0.4, -0.2) is 35.4 Å². The molecule has 196 valence electrons. The van der Waals surface area contributed by atoms with Gasteiger partial charge in [0, 0.05) is 36.6 Å². The van der Waals surface area contributed by atoms with E-state index in [9.17, 15) is 23.1 Å². The monoisotopic (exact) mass is 551 g/mol. The zero-order chi connectivity index (χ0) is 27.6. The summed E-state index contributed by atoms with van der Waals surface area (Å²) >= 11 is 5.89. The van der Waals surface area contributed by atoms with Crippen LogP contribution in [0.5, 0.6) is 5.75 Å². The van der Waals surface area contributed by atoms with E-state index < -0.39 is 39.5 Å². The molecule has 2 aromatic carbocycles. The number of hydrogen-bond donors (Lipinski definition) is 3. The third-order valence-electron chi connectivity index (χ3n) is 6.70. The van der Waals surface area contributed by atoms with Gasteiger partial charge in [-0.15, -0.1) is 0 Å². The standard InChI is InChI=1S/C26H17ClF3N7O2/c1-26(14-2-3-15(30)19(27)20(14)38)18-21(31)34-22(35-23(18)36-25(26)39)17-10-37-5-4-32-24(37)16(33-17)8-11-6-12(28)9-13(29)7-11/h2-7,9-10,38H,8H2,1H3,(H3,31,34,35,36,39)/t26-/m0/s1. The highest BCUT2D eigenvalue weighted by Crippen LogP contribution is 2.49. The number of carbonyl (C=O) groups excluding carboxylic acids is 1. The Hall–Kier alpha value is -4.71. The maximum Gasteiger partial charge on any atom is 0.240 e. The first-order valence-corrected chi connectivity index (χ1v) is 11.9. The van der Waals surface area contributed by atoms with Crippen molar-refractivity contribution in [3.8, 4) is 17.3 Å². The predicted octanol–water partition coefficient (Wildman–Crippen LogP) is 4.39. The first-order valence-electron chi connectivity index (χ1n) is 11.5. The van der Waals surface area contributed by atoms with E-state index in [4.69, 9.17) is 17.3 Å². The summed E-state index contributed by atoms with van der Waals surface area (Å²) in [7, 11) is 0. The molecule has 0 fully saturated rings. The second kappa shape index (κ2) is 8.67. The van der Waals surface area contributed by atoms with Crippen molar-refractivity contribution in [2.45, 2.75) is 18.8 Å². The molecule has 4 heterocycles. The van der Waals surface area contributed by atoms with E-state index in [-0.39, 0.29) is 40.7 Å². The van der Waals surface area contributed by atoms with Crippen LogP contribution in [0.4, 0.5) is 24.8 Å². The molecule has 0 saturated carbocycles. The number of amides is 1. The Bertz CT molecular complexity index is 1820. The first kappa shape index (κ1) is 24.6. The summed E-state index contributed by atoms with van der Waals surface area (Å²) in [5.41, 5.74) is 6.40. The molecule has 3 aromatic heterocycles. The van der Waals surface area contributed by atoms with Crippen LogP contribution in [0.25, 0.3) is 17.2 Å². The highest BCUT2D eigenvalue weighted by molar-refractivity contribution is 6.32. The van der Waals surface area contributed by atoms with E-state index in [1.165, 1.54) is 25.1 Å². The zero-order valence-corrected chi connectivity index (χ0v) is 20.8. The van der Waals surface area contributed by atoms with E-state index in [1.54, 1.807) is 23.0 Å². The Morgan fingerprint density at radius 2 is 1.87 bits per heavy atom. The number of anilines is 2. The van der Waals surface area contributed by atoms with Crippen LogP contribution in [0, 0.1) is 17.5 Å². The van der Waals surface area contributed by atoms with Crippen LogP contribution in [-0.2, 0) is 16.6 Å². The molecule has 0 spiro atoms. The Labute approximate surface area is 223 Å². The third-order valence-corrected chi connectivity index (χ3v) is 7.06. The molecule has 6 rings (SSSR count). The summed E-state index contributed by atoms with van der Waals surface area (Å²) in [6.07, 6.45) is 4.86. The van der Waals surface area contributed by atoms with Gasteiger partial charge in [-0.25, -0.2) is 33.1 Å². The molecule has 9 nitrogen and oxygen atoms in total. The highest BCUT2D eigenvalue weighted by atomic mass is 35.5. The minimum Gasteiger partial charge on any atom is -0.506 e. The number of aromatic nitrogens is 5. The number of imidazole rings is 1. The van der Waals surface area contributed by atoms with Gasteiger partial charge in [-0.3, -0.25) is 4.79 Å². The topological polar surface area (TPSA) is 131 Å². The molecule has 0 aliphatic carbocycles. The molecule has 0 saturated heterocycles. The number of fused-ring (bicyclic) bond motifs is 2. The Kier molecular flexibility index (Phi) is 5.47. The van der Waals surface area contributed by atoms with Gasteiger partial charge < -0.3 is 20.6 Å². The number of phenolic OH excluding ortho intramolecular Hbond substituents is 1. The molecule has 4 N–H and O–H groups in total. The number of phenols is 1. The lowest BCUT2D eigenvalue weighted by molar-refractivity contribution is -0.119. The Morgan fingerprint density at radius 1 is 1.13 bits per heavy atom. The first-order chi connectivity index (χ1) is 18.6. The van der Waals surface area contributed by atoms with Gasteiger partial charge in [-0.2, -0.15) is 0 Å². The van der Waals surface area contributed by atoms with Gasteiger partial charge in [0.2, 0.25) is 5.91 Å². The lowest BCUT2D eigenvalue weighted by Gasteiger charge is -2.24. The second-order valence-corrected chi connectivity index (χ2v) is 9.56. The van der Waals surface area contributed by atoms with Crippen molar-refractivity contribution < 1.29 is 23.1 Å². The van der Waals surface area contributed by atoms with Crippen LogP contribution in [0.15, 0.2) is 48.9 Å². The second-order valence-electron chi connectivity index (χ2n) is 9.18. The molecule has 0 radical (unpaired) electrons. The molecule has 13 heteroatoms. The molecule has 39 heavy (non-hydrogen) atoms. The lowest BCUT2D eigenvalue weighted by Crippen LogP contribution is -2.33. The number of halogens is 4. The van der Waals surface area contributed by atoms with Crippen LogP contribution in [0.3, 0.4) is 0 Å². The lowest BCUT2D eigenvalue weighted by atomic mass is 9.77. The minimum absolute atomic E-state index is 0.0239. The van der Waals surface area contributed by atoms with Crippen molar-refractivity contribution in [2.24, 2.45) is 0 Å². The predicted molar refractivity (Wildman–Crippen MR) is 136 cm³/mol. The molecular formula is C26H17ClF3N7O2. The number of nitrogens with one attached hydrogen (secondary N) is 1. The van der Waals surface area contributed by atoms with Crippen LogP contribution < -0.4 is 11.1 Å². The summed E-state index contributed by atoms with van der Waals surface area (Å²) in [4.78, 5) is 30.9. The van der Waals surface area contributed by atoms with Crippen LogP contribution in [0.2, 0.25) is 5.02 Å². The Balaban J connectivity index is 1.47. The van der Waals surface area contributed by atoms with Gasteiger partial charge in [-0.05, 0) is 30.7 Å². The average molecular weight is 552 g/mol. The fourth-order valence-corrected chi connectivity index (χ4v) is 5.02. The van der Waals surface area contributed by atoms with E-state index in [0.717, 1.165) is 12.1 Å². The van der Waals surface area contributed by atoms with Crippen molar-refractivity contribution in [3.05, 3.63) is 93.8 Å². The van der Waals surface area contributed by atoms with E-state index in [0.29, 0.717) is 16.9 Å². The van der Waals surface area contributed by atoms with E-state index in [1.807, 2.05) is 0 Å². The smallest absolute Gasteiger partial charge is 0.240 e. The maximum absolute atomic E-state index is 13.9. The molecule has 5 aromatic rings. The number of nitrogens with two attached hydrogens (primary N) is 1. The minimum atomic E-state index is -1.58. The van der Waals surface area contributed by atoms with Gasteiger partial charge in [0.05, 0.1) is 11.3 Å². The summed E-state index contributed by atoms with van der Waals surface area (Å²) in [5.74, 6) is -3.43. The van der Waals surface area contributed by atoms with Gasteiger partial charge >= 0.3 is 0 Å². The normalized spacial score (nSPS) is 16.5. The summed E-state index contributed by atoms with van der Waals surface area (Å²) in [6.45, 7) is 1.49. The van der Waals surface area contributed by atoms with Crippen molar-refractivity contribution in [3.63, 3.8) is 0 Å². The molecule has 1 atom stereocenters. The highest BCUT2D eigenvalue weighted by Gasteiger charge is 2.49. The molecular weight excluding hydrogens is 535 g/mol. The van der Waals surface area contributed by atoms with Gasteiger partial charge in [0.25, 0.3) is 0 Å². The van der Waals surface area contributed by atoms with Gasteiger partial charge in [0.15, 0.2) is 11.5 Å². The number of nitrogens with zero attached hydrogens (tertiary/aromatic N) is 5. The molecule has 0 unspecified atom stereocenters. The fourth-order valence-electron chi connectivity index (χ4n) is 4.85. The van der Waals surface area contributed by atoms with E-state index >= 15 is 0 Å². The van der Waals surface area contributed by atoms with Crippen molar-refractivity contribution >= 4 is 34.8 Å². The molecule has 1 aliphatic heterocycles. The fraction of sp³-hybridized carbons (Fsp3) is 0.115. The summed E-state index contributed by atoms with van der Waals surface area (Å²) in [5, 5.41) is 12.7. The van der Waals surface area contributed by atoms with Crippen LogP contribution in [0.1, 0.15) is 29.3 Å². The molecule has 1 amide bonds. The molecule has 1 aliphatic rings. The van der Waals surface area contributed by atoms with E-state index in [2.05, 4.69) is 25.3 Å². The summed E-state index contributed by atoms with van der Waals surface area (Å²) in [6, 6.07) is 5.47. The Morgan fingerprint density at radius 3 is 2.62 bits per heavy atom. The molecule has 0 bridgehead atoms. The van der Waals surface area contributed by atoms with Crippen molar-refractivity contribution in [2.75, 3.05) is 11.1 Å². The number of aromatic hydroxyl groups is 1. The van der Waals surface area contributed by atoms with Crippen LogP contribution >= 0.6 is 11.6 Å². The number of rotatable bonds is 4. The number of benzene rings is 2. The van der Waals surface area contributed by atoms with Gasteiger partial charge in [0.1, 0.15) is 51.0 Å². The maximum atomic E-state index is 13.9. The number of nitrogen functional groups attached to an aromatic ring is 1. The zero-order valence-electron chi connectivity index (χ0n) is 20.0. The number of hydrogen-bond acceptors (Lipinski definition) is 7. The largest absolute Gasteiger partial charge is 0.506 e. The summed E-state index contributed by atoms with van der Waals surface area (Å²) < 4.78 is 43.1. The third kappa shape index (κ3) is 3.83.